The van der Waals surface area contributed by atoms with Crippen LogP contribution < -0.4 is 10.6 Å². The first kappa shape index (κ1) is 15.6. The summed E-state index contributed by atoms with van der Waals surface area (Å²) in [5.41, 5.74) is 0.281. The molecule has 1 amide bonds. The third-order valence-electron chi connectivity index (χ3n) is 2.22. The number of anilines is 1. The summed E-state index contributed by atoms with van der Waals surface area (Å²) in [5, 5.41) is 16.2. The van der Waals surface area contributed by atoms with Crippen LogP contribution in [0.4, 0.5) is 11.4 Å². The second-order valence-electron chi connectivity index (χ2n) is 3.61. The molecule has 0 fully saturated rings. The topological polar surface area (TPSA) is 93.5 Å². The molecular weight excluding hydrogens is 365 g/mol. The van der Waals surface area contributed by atoms with Crippen LogP contribution in [0.5, 0.6) is 0 Å². The Kier molecular flexibility index (Phi) is 6.50. The molecule has 0 aliphatic heterocycles. The van der Waals surface area contributed by atoms with Gasteiger partial charge in [0.25, 0.3) is 5.69 Å². The number of nitro benzene ring substituents is 1. The number of carbonyl (C=O) groups excluding carboxylic acids is 1. The first-order valence-electron chi connectivity index (χ1n) is 5.48. The van der Waals surface area contributed by atoms with Gasteiger partial charge in [0.15, 0.2) is 0 Å². The van der Waals surface area contributed by atoms with Crippen LogP contribution >= 0.6 is 22.6 Å². The van der Waals surface area contributed by atoms with Crippen molar-refractivity contribution in [2.75, 3.05) is 32.1 Å². The molecule has 0 radical (unpaired) electrons. The minimum Gasteiger partial charge on any atom is -0.383 e. The lowest BCUT2D eigenvalue weighted by Gasteiger charge is -2.08. The summed E-state index contributed by atoms with van der Waals surface area (Å²) in [7, 11) is 1.54. The highest BCUT2D eigenvalue weighted by Crippen LogP contribution is 2.25. The van der Waals surface area contributed by atoms with Crippen molar-refractivity contribution in [3.05, 3.63) is 31.9 Å². The number of carbonyl (C=O) groups is 1. The van der Waals surface area contributed by atoms with Crippen molar-refractivity contribution in [2.45, 2.75) is 0 Å². The van der Waals surface area contributed by atoms with Crippen molar-refractivity contribution in [3.8, 4) is 0 Å². The maximum atomic E-state index is 11.4. The Balaban J connectivity index is 2.57. The normalized spacial score (nSPS) is 10.0. The van der Waals surface area contributed by atoms with Crippen molar-refractivity contribution in [1.29, 1.82) is 0 Å². The van der Waals surface area contributed by atoms with Gasteiger partial charge in [0.1, 0.15) is 5.69 Å². The van der Waals surface area contributed by atoms with Crippen molar-refractivity contribution >= 4 is 39.9 Å². The summed E-state index contributed by atoms with van der Waals surface area (Å²) >= 11 is 1.99. The fourth-order valence-corrected chi connectivity index (χ4v) is 1.81. The van der Waals surface area contributed by atoms with Gasteiger partial charge in [0.05, 0.1) is 18.1 Å². The quantitative estimate of drug-likeness (QED) is 0.323. The van der Waals surface area contributed by atoms with E-state index in [1.807, 2.05) is 22.6 Å². The van der Waals surface area contributed by atoms with E-state index in [0.29, 0.717) is 18.8 Å². The van der Waals surface area contributed by atoms with Gasteiger partial charge in [-0.3, -0.25) is 14.9 Å². The standard InChI is InChI=1S/C11H14IN3O4/c1-19-5-4-13-11(16)7-14-9-3-2-8(12)6-10(9)15(17)18/h2-3,6,14H,4-5,7H2,1H3,(H,13,16). The summed E-state index contributed by atoms with van der Waals surface area (Å²) in [6.07, 6.45) is 0. The summed E-state index contributed by atoms with van der Waals surface area (Å²) in [4.78, 5) is 21.8. The Labute approximate surface area is 124 Å². The van der Waals surface area contributed by atoms with Crippen LogP contribution in [0.15, 0.2) is 18.2 Å². The molecular formula is C11H14IN3O4. The maximum Gasteiger partial charge on any atom is 0.293 e. The second-order valence-corrected chi connectivity index (χ2v) is 4.86. The van der Waals surface area contributed by atoms with Gasteiger partial charge >= 0.3 is 0 Å². The van der Waals surface area contributed by atoms with Crippen LogP contribution in [-0.4, -0.2) is 37.6 Å². The molecule has 1 aromatic carbocycles. The molecule has 0 aliphatic carbocycles. The summed E-state index contributed by atoms with van der Waals surface area (Å²) < 4.78 is 5.56. The number of nitro groups is 1. The van der Waals surface area contributed by atoms with Crippen LogP contribution in [0, 0.1) is 13.7 Å². The molecule has 0 unspecified atom stereocenters. The average molecular weight is 379 g/mol. The van der Waals surface area contributed by atoms with E-state index in [1.165, 1.54) is 6.07 Å². The minimum absolute atomic E-state index is 0.0227. The molecule has 2 N–H and O–H groups in total. The molecule has 0 saturated heterocycles. The highest BCUT2D eigenvalue weighted by molar-refractivity contribution is 14.1. The molecule has 0 aromatic heterocycles. The molecule has 1 aromatic rings. The van der Waals surface area contributed by atoms with E-state index in [4.69, 9.17) is 4.74 Å². The first-order valence-corrected chi connectivity index (χ1v) is 6.56. The monoisotopic (exact) mass is 379 g/mol. The average Bonchev–Trinajstić information content (AvgIpc) is 2.37. The van der Waals surface area contributed by atoms with Gasteiger partial charge in [-0.25, -0.2) is 0 Å². The predicted octanol–water partition coefficient (Wildman–Crippen LogP) is 1.37. The predicted molar refractivity (Wildman–Crippen MR) is 79.2 cm³/mol. The third-order valence-corrected chi connectivity index (χ3v) is 2.90. The van der Waals surface area contributed by atoms with Gasteiger partial charge in [-0.15, -0.1) is 0 Å². The van der Waals surface area contributed by atoms with E-state index in [0.717, 1.165) is 3.57 Å². The van der Waals surface area contributed by atoms with Crippen LogP contribution in [0.2, 0.25) is 0 Å². The molecule has 19 heavy (non-hydrogen) atoms. The number of nitrogens with zero attached hydrogens (tertiary/aromatic N) is 1. The highest BCUT2D eigenvalue weighted by Gasteiger charge is 2.14. The zero-order valence-electron chi connectivity index (χ0n) is 10.3. The minimum atomic E-state index is -0.479. The molecule has 0 saturated carbocycles. The molecule has 0 bridgehead atoms. The number of nitrogens with one attached hydrogen (secondary N) is 2. The number of amides is 1. The molecule has 7 nitrogen and oxygen atoms in total. The number of ether oxygens (including phenoxy) is 1. The van der Waals surface area contributed by atoms with Gasteiger partial charge in [-0.05, 0) is 34.7 Å². The lowest BCUT2D eigenvalue weighted by Crippen LogP contribution is -2.32. The molecule has 0 aliphatic rings. The molecule has 104 valence electrons. The van der Waals surface area contributed by atoms with Crippen molar-refractivity contribution in [1.82, 2.24) is 5.32 Å². The number of rotatable bonds is 7. The Bertz CT molecular complexity index is 467. The number of hydrogen-bond acceptors (Lipinski definition) is 5. The third kappa shape index (κ3) is 5.39. The zero-order chi connectivity index (χ0) is 14.3. The molecule has 0 spiro atoms. The summed E-state index contributed by atoms with van der Waals surface area (Å²) in [6, 6.07) is 4.77. The lowest BCUT2D eigenvalue weighted by atomic mass is 10.2. The van der Waals surface area contributed by atoms with Gasteiger partial charge in [0, 0.05) is 23.3 Å². The fourth-order valence-electron chi connectivity index (χ4n) is 1.34. The van der Waals surface area contributed by atoms with E-state index in [-0.39, 0.29) is 18.1 Å². The first-order chi connectivity index (χ1) is 9.04. The number of benzene rings is 1. The largest absolute Gasteiger partial charge is 0.383 e. The number of hydrogen-bond donors (Lipinski definition) is 2. The van der Waals surface area contributed by atoms with E-state index < -0.39 is 4.92 Å². The SMILES string of the molecule is COCCNC(=O)CNc1ccc(I)cc1[N+](=O)[O-]. The zero-order valence-corrected chi connectivity index (χ0v) is 12.5. The van der Waals surface area contributed by atoms with E-state index in [1.54, 1.807) is 19.2 Å². The summed E-state index contributed by atoms with van der Waals surface area (Å²) in [5.74, 6) is -0.245. The van der Waals surface area contributed by atoms with Gasteiger partial charge in [0.2, 0.25) is 5.91 Å². The van der Waals surface area contributed by atoms with E-state index >= 15 is 0 Å². The van der Waals surface area contributed by atoms with Crippen LogP contribution in [-0.2, 0) is 9.53 Å². The Hall–Kier alpha value is -1.42. The van der Waals surface area contributed by atoms with Crippen LogP contribution in [0.3, 0.4) is 0 Å². The molecule has 0 heterocycles. The van der Waals surface area contributed by atoms with Gasteiger partial charge in [-0.1, -0.05) is 0 Å². The summed E-state index contributed by atoms with van der Waals surface area (Å²) in [6.45, 7) is 0.812. The second kappa shape index (κ2) is 7.89. The maximum absolute atomic E-state index is 11.4. The molecule has 0 atom stereocenters. The number of halogens is 1. The van der Waals surface area contributed by atoms with Crippen molar-refractivity contribution < 1.29 is 14.5 Å². The Morgan fingerprint density at radius 2 is 2.26 bits per heavy atom. The Morgan fingerprint density at radius 1 is 1.53 bits per heavy atom. The van der Waals surface area contributed by atoms with E-state index in [2.05, 4.69) is 10.6 Å². The smallest absolute Gasteiger partial charge is 0.293 e. The molecule has 8 heteroatoms. The number of methoxy groups -OCH3 is 1. The van der Waals surface area contributed by atoms with Crippen LogP contribution in [0.1, 0.15) is 0 Å². The lowest BCUT2D eigenvalue weighted by molar-refractivity contribution is -0.384. The van der Waals surface area contributed by atoms with Gasteiger partial charge in [-0.2, -0.15) is 0 Å². The Morgan fingerprint density at radius 3 is 2.89 bits per heavy atom. The van der Waals surface area contributed by atoms with Gasteiger partial charge < -0.3 is 15.4 Å². The molecule has 1 rings (SSSR count). The van der Waals surface area contributed by atoms with Crippen molar-refractivity contribution in [2.24, 2.45) is 0 Å². The van der Waals surface area contributed by atoms with E-state index in [9.17, 15) is 14.9 Å². The fraction of sp³-hybridized carbons (Fsp3) is 0.364. The van der Waals surface area contributed by atoms with Crippen molar-refractivity contribution in [3.63, 3.8) is 0 Å². The highest BCUT2D eigenvalue weighted by atomic mass is 127. The van der Waals surface area contributed by atoms with Crippen LogP contribution in [0.25, 0.3) is 0 Å².